The maximum atomic E-state index is 13.1. The van der Waals surface area contributed by atoms with Gasteiger partial charge in [0.25, 0.3) is 0 Å². The number of nitrogens with two attached hydrogens (primary N) is 1. The summed E-state index contributed by atoms with van der Waals surface area (Å²) in [5.41, 5.74) is 6.05. The van der Waals surface area contributed by atoms with E-state index in [1.807, 2.05) is 6.07 Å². The van der Waals surface area contributed by atoms with E-state index in [9.17, 15) is 24.9 Å². The van der Waals surface area contributed by atoms with Crippen LogP contribution in [0.2, 0.25) is 5.02 Å². The van der Waals surface area contributed by atoms with E-state index in [1.165, 1.54) is 108 Å². The Morgan fingerprint density at radius 2 is 1.64 bits per heavy atom. The van der Waals surface area contributed by atoms with Crippen LogP contribution in [0, 0.1) is 11.3 Å². The predicted octanol–water partition coefficient (Wildman–Crippen LogP) is 7.85. The van der Waals surface area contributed by atoms with Crippen LogP contribution in [0.4, 0.5) is 5.82 Å². The number of phosphoric ester groups is 1. The minimum atomic E-state index is -4.74. The number of aliphatic hydroxyl groups is 2. The number of unbranched alkanes of at least 4 members (excludes halogenated alkanes) is 15. The molecule has 0 bridgehead atoms. The van der Waals surface area contributed by atoms with Crippen LogP contribution >= 0.6 is 19.4 Å². The van der Waals surface area contributed by atoms with E-state index >= 15 is 0 Å². The van der Waals surface area contributed by atoms with Crippen molar-refractivity contribution < 1.29 is 42.9 Å². The first-order valence-electron chi connectivity index (χ1n) is 21.1. The number of aliphatic imine (C=N–C) groups is 1. The Morgan fingerprint density at radius 1 is 1.00 bits per heavy atom. The summed E-state index contributed by atoms with van der Waals surface area (Å²) in [6, 6.07) is 10.2. The highest BCUT2D eigenvalue weighted by Crippen LogP contribution is 2.46. The minimum Gasteiger partial charge on any atom is -0.387 e. The van der Waals surface area contributed by atoms with Crippen LogP contribution in [0.3, 0.4) is 0 Å². The number of halogens is 1. The van der Waals surface area contributed by atoms with Crippen molar-refractivity contribution in [1.82, 2.24) is 14.6 Å². The summed E-state index contributed by atoms with van der Waals surface area (Å²) < 4.78 is 43.2. The number of hydrogen-bond donors (Lipinski definition) is 4. The quantitative estimate of drug-likeness (QED) is 0.0286. The number of aromatic nitrogens is 3. The molecule has 1 aliphatic heterocycles. The van der Waals surface area contributed by atoms with Crippen molar-refractivity contribution in [2.75, 3.05) is 39.2 Å². The van der Waals surface area contributed by atoms with E-state index in [0.29, 0.717) is 28.9 Å². The first-order valence-corrected chi connectivity index (χ1v) is 23.0. The van der Waals surface area contributed by atoms with Gasteiger partial charge in [0, 0.05) is 19.9 Å². The molecule has 1 unspecified atom stereocenters. The van der Waals surface area contributed by atoms with Gasteiger partial charge < -0.3 is 35.1 Å². The zero-order valence-corrected chi connectivity index (χ0v) is 36.3. The number of fused-ring (bicyclic) bond motifs is 1. The number of aliphatic hydroxyl groups excluding tert-OH is 2. The van der Waals surface area contributed by atoms with Crippen molar-refractivity contribution in [2.45, 2.75) is 146 Å². The van der Waals surface area contributed by atoms with Crippen molar-refractivity contribution in [3.8, 4) is 6.07 Å². The molecule has 0 amide bonds. The van der Waals surface area contributed by atoms with Crippen LogP contribution in [-0.4, -0.2) is 93.8 Å². The fourth-order valence-corrected chi connectivity index (χ4v) is 8.26. The van der Waals surface area contributed by atoms with Crippen molar-refractivity contribution in [3.63, 3.8) is 0 Å². The SMILES string of the molecule is CCCCCCCCCCCCCCCCCCOC[C@H](COP(=O)(O)OC[C@H]1O[C@@](C=NC)(c2ccc3c(N)ncnn23)[C@H](O)[C@@H]1O)OCc1ccc(C#N)c(Cl)c1. The summed E-state index contributed by atoms with van der Waals surface area (Å²) >= 11 is 6.21. The zero-order chi connectivity index (χ0) is 42.5. The molecule has 3 heterocycles. The van der Waals surface area contributed by atoms with E-state index in [-0.39, 0.29) is 30.7 Å². The predicted molar refractivity (Wildman–Crippen MR) is 227 cm³/mol. The van der Waals surface area contributed by atoms with E-state index in [1.54, 1.807) is 30.3 Å². The number of nitrogens with zero attached hydrogens (tertiary/aromatic N) is 5. The molecule has 0 radical (unpaired) electrons. The van der Waals surface area contributed by atoms with Gasteiger partial charge in [0.05, 0.1) is 42.7 Å². The number of phosphoric acid groups is 1. The molecule has 1 aliphatic rings. The second-order valence-corrected chi connectivity index (χ2v) is 17.1. The van der Waals surface area contributed by atoms with Crippen LogP contribution in [0.5, 0.6) is 0 Å². The Bertz CT molecular complexity index is 1810. The second-order valence-electron chi connectivity index (χ2n) is 15.2. The summed E-state index contributed by atoms with van der Waals surface area (Å²) in [4.78, 5) is 18.7. The first kappa shape index (κ1) is 48.7. The van der Waals surface area contributed by atoms with Gasteiger partial charge in [-0.25, -0.2) is 14.1 Å². The molecular weight excluding hydrogens is 799 g/mol. The molecule has 0 spiro atoms. The molecular formula is C42H64ClN6O9P. The lowest BCUT2D eigenvalue weighted by Crippen LogP contribution is -2.43. The lowest BCUT2D eigenvalue weighted by atomic mass is 9.92. The molecule has 0 saturated carbocycles. The van der Waals surface area contributed by atoms with Crippen molar-refractivity contribution in [1.29, 1.82) is 5.26 Å². The van der Waals surface area contributed by atoms with Gasteiger partial charge in [-0.1, -0.05) is 121 Å². The molecule has 1 fully saturated rings. The standard InChI is InChI=1S/C42H64ClN6O9P/c1-3-4-5-6-7-8-9-10-11-12-13-14-15-16-17-18-23-54-27-34(55-26-32-19-20-33(25-44)35(43)24-32)28-56-59(52,53)57-29-37-39(50)40(51)42(58-37,30-46-2)38-22-21-36-41(45)47-31-48-49(36)38/h19-22,24,30-31,34,37,39-40,50-51H,3-18,23,26-29H2,1-2H3,(H,52,53)(H2,45,47,48)/t34-,37-,39-,40-,42+/m1/s1. The summed E-state index contributed by atoms with van der Waals surface area (Å²) in [5.74, 6) is 0.190. The summed E-state index contributed by atoms with van der Waals surface area (Å²) in [6.07, 6.45) is 17.8. The van der Waals surface area contributed by atoms with Crippen LogP contribution in [0.15, 0.2) is 41.7 Å². The Labute approximate surface area is 353 Å². The molecule has 328 valence electrons. The molecule has 3 aromatic rings. The Morgan fingerprint density at radius 3 is 2.25 bits per heavy atom. The average Bonchev–Trinajstić information content (AvgIpc) is 3.77. The first-order chi connectivity index (χ1) is 28.5. The maximum Gasteiger partial charge on any atom is 0.472 e. The van der Waals surface area contributed by atoms with Gasteiger partial charge in [-0.2, -0.15) is 10.4 Å². The number of benzene rings is 1. The van der Waals surface area contributed by atoms with Gasteiger partial charge in [-0.15, -0.1) is 0 Å². The topological polar surface area (TPSA) is 216 Å². The third kappa shape index (κ3) is 15.1. The van der Waals surface area contributed by atoms with E-state index in [4.69, 9.17) is 40.6 Å². The number of rotatable bonds is 30. The van der Waals surface area contributed by atoms with Gasteiger partial charge in [0.2, 0.25) is 0 Å². The fraction of sp³-hybridized carbons (Fsp3) is 0.667. The molecule has 5 N–H and O–H groups in total. The van der Waals surface area contributed by atoms with E-state index in [0.717, 1.165) is 19.3 Å². The van der Waals surface area contributed by atoms with Crippen LogP contribution in [0.25, 0.3) is 5.52 Å². The maximum absolute atomic E-state index is 13.1. The van der Waals surface area contributed by atoms with Crippen molar-refractivity contribution >= 4 is 37.0 Å². The Kier molecular flexibility index (Phi) is 21.2. The van der Waals surface area contributed by atoms with Gasteiger partial charge in [0.1, 0.15) is 42.3 Å². The number of hydrogen-bond acceptors (Lipinski definition) is 13. The van der Waals surface area contributed by atoms with Crippen LogP contribution < -0.4 is 5.73 Å². The van der Waals surface area contributed by atoms with Crippen LogP contribution in [0.1, 0.15) is 126 Å². The Balaban J connectivity index is 1.21. The highest BCUT2D eigenvalue weighted by atomic mass is 35.5. The number of nitriles is 1. The molecule has 1 aromatic carbocycles. The second kappa shape index (κ2) is 25.7. The summed E-state index contributed by atoms with van der Waals surface area (Å²) in [5, 5.41) is 36.0. The third-order valence-electron chi connectivity index (χ3n) is 10.6. The highest BCUT2D eigenvalue weighted by molar-refractivity contribution is 7.47. The minimum absolute atomic E-state index is 0.0739. The average molecular weight is 863 g/mol. The monoisotopic (exact) mass is 862 g/mol. The van der Waals surface area contributed by atoms with E-state index in [2.05, 4.69) is 22.0 Å². The van der Waals surface area contributed by atoms with Crippen molar-refractivity contribution in [2.24, 2.45) is 4.99 Å². The molecule has 15 nitrogen and oxygen atoms in total. The number of anilines is 1. The van der Waals surface area contributed by atoms with Gasteiger partial charge in [-0.3, -0.25) is 14.0 Å². The number of nitrogen functional groups attached to an aromatic ring is 1. The molecule has 59 heavy (non-hydrogen) atoms. The fourth-order valence-electron chi connectivity index (χ4n) is 7.25. The van der Waals surface area contributed by atoms with Gasteiger partial charge >= 0.3 is 7.82 Å². The van der Waals surface area contributed by atoms with Gasteiger partial charge in [-0.05, 0) is 36.2 Å². The molecule has 0 aliphatic carbocycles. The molecule has 4 rings (SSSR count). The molecule has 6 atom stereocenters. The highest BCUT2D eigenvalue weighted by Gasteiger charge is 2.56. The lowest BCUT2D eigenvalue weighted by molar-refractivity contribution is -0.0626. The van der Waals surface area contributed by atoms with Crippen molar-refractivity contribution in [3.05, 3.63) is 58.5 Å². The largest absolute Gasteiger partial charge is 0.472 e. The zero-order valence-electron chi connectivity index (χ0n) is 34.6. The normalized spacial score (nSPS) is 21.0. The lowest BCUT2D eigenvalue weighted by Gasteiger charge is -2.27. The summed E-state index contributed by atoms with van der Waals surface area (Å²) in [7, 11) is -3.27. The van der Waals surface area contributed by atoms with Gasteiger partial charge in [0.15, 0.2) is 11.4 Å². The third-order valence-corrected chi connectivity index (χ3v) is 11.9. The molecule has 2 aromatic heterocycles. The van der Waals surface area contributed by atoms with E-state index < -0.39 is 44.4 Å². The smallest absolute Gasteiger partial charge is 0.387 e. The molecule has 1 saturated heterocycles. The summed E-state index contributed by atoms with van der Waals surface area (Å²) in [6.45, 7) is 1.93. The molecule has 17 heteroatoms. The number of ether oxygens (including phenoxy) is 3. The Hall–Kier alpha value is -3.00. The van der Waals surface area contributed by atoms with Crippen LogP contribution in [-0.2, 0) is 40.0 Å².